The molecule has 0 saturated heterocycles. The lowest BCUT2D eigenvalue weighted by molar-refractivity contribution is -0.137. The van der Waals surface area contributed by atoms with E-state index >= 15 is 0 Å². The molecule has 2 rings (SSSR count). The van der Waals surface area contributed by atoms with Crippen molar-refractivity contribution in [2.24, 2.45) is 0 Å². The van der Waals surface area contributed by atoms with Crippen LogP contribution in [0, 0.1) is 11.6 Å². The summed E-state index contributed by atoms with van der Waals surface area (Å²) in [5.74, 6) is -3.19. The first kappa shape index (κ1) is 20.3. The van der Waals surface area contributed by atoms with Crippen LogP contribution in [0.4, 0.5) is 33.3 Å². The van der Waals surface area contributed by atoms with Crippen molar-refractivity contribution in [3.05, 3.63) is 59.7 Å². The van der Waals surface area contributed by atoms with E-state index in [0.29, 0.717) is 0 Å². The number of rotatable bonds is 5. The summed E-state index contributed by atoms with van der Waals surface area (Å²) in [6, 6.07) is 6.90. The minimum Gasteiger partial charge on any atom is -0.326 e. The van der Waals surface area contributed by atoms with Gasteiger partial charge in [0.05, 0.1) is 5.56 Å². The fourth-order valence-corrected chi connectivity index (χ4v) is 2.35. The fourth-order valence-electron chi connectivity index (χ4n) is 2.35. The number of para-hydroxylation sites is 1. The molecule has 144 valence electrons. The molecule has 0 saturated carbocycles. The molecule has 2 aromatic carbocycles. The van der Waals surface area contributed by atoms with Gasteiger partial charge in [-0.2, -0.15) is 13.2 Å². The molecular weight excluding hydrogens is 371 g/mol. The Kier molecular flexibility index (Phi) is 6.14. The van der Waals surface area contributed by atoms with Gasteiger partial charge in [0, 0.05) is 25.6 Å². The molecular formula is C18H15F5N2O2. The Morgan fingerprint density at radius 1 is 1.00 bits per heavy atom. The first-order valence-corrected chi connectivity index (χ1v) is 7.79. The second kappa shape index (κ2) is 8.15. The van der Waals surface area contributed by atoms with Crippen LogP contribution in [0.25, 0.3) is 0 Å². The standard InChI is InChI=1S/C18H15F5N2O2/c1-11(26)25(17-14(19)3-2-4-15(17)20)10-9-16(27)24-13-7-5-12(6-8-13)18(21,22)23/h2-8H,9-10H2,1H3,(H,24,27). The number of amides is 2. The highest BCUT2D eigenvalue weighted by atomic mass is 19.4. The predicted octanol–water partition coefficient (Wildman–Crippen LogP) is 4.37. The Labute approximate surface area is 151 Å². The van der Waals surface area contributed by atoms with Gasteiger partial charge in [0.1, 0.15) is 17.3 Å². The zero-order chi connectivity index (χ0) is 20.2. The minimum absolute atomic E-state index is 0.124. The van der Waals surface area contributed by atoms with Gasteiger partial charge in [-0.05, 0) is 36.4 Å². The average molecular weight is 386 g/mol. The number of anilines is 2. The van der Waals surface area contributed by atoms with Crippen molar-refractivity contribution >= 4 is 23.2 Å². The largest absolute Gasteiger partial charge is 0.416 e. The third-order valence-electron chi connectivity index (χ3n) is 3.65. The normalized spacial score (nSPS) is 11.2. The highest BCUT2D eigenvalue weighted by Crippen LogP contribution is 2.30. The Hall–Kier alpha value is -2.97. The molecule has 0 aliphatic heterocycles. The van der Waals surface area contributed by atoms with Gasteiger partial charge >= 0.3 is 6.18 Å². The van der Waals surface area contributed by atoms with Crippen LogP contribution < -0.4 is 10.2 Å². The van der Waals surface area contributed by atoms with E-state index in [0.717, 1.165) is 54.3 Å². The van der Waals surface area contributed by atoms with Gasteiger partial charge in [-0.15, -0.1) is 0 Å². The zero-order valence-corrected chi connectivity index (χ0v) is 14.1. The summed E-state index contributed by atoms with van der Waals surface area (Å²) in [5, 5.41) is 2.36. The van der Waals surface area contributed by atoms with Crippen molar-refractivity contribution in [1.29, 1.82) is 0 Å². The van der Waals surface area contributed by atoms with Crippen LogP contribution in [-0.2, 0) is 15.8 Å². The van der Waals surface area contributed by atoms with E-state index in [2.05, 4.69) is 5.32 Å². The summed E-state index contributed by atoms with van der Waals surface area (Å²) in [6.45, 7) is 0.791. The molecule has 0 fully saturated rings. The SMILES string of the molecule is CC(=O)N(CCC(=O)Nc1ccc(C(F)(F)F)cc1)c1c(F)cccc1F. The summed E-state index contributed by atoms with van der Waals surface area (Å²) in [7, 11) is 0. The number of carbonyl (C=O) groups is 2. The number of carbonyl (C=O) groups excluding carboxylic acids is 2. The Morgan fingerprint density at radius 3 is 2.04 bits per heavy atom. The maximum atomic E-state index is 13.8. The lowest BCUT2D eigenvalue weighted by atomic mass is 10.2. The van der Waals surface area contributed by atoms with E-state index in [1.807, 2.05) is 0 Å². The van der Waals surface area contributed by atoms with Gasteiger partial charge in [-0.1, -0.05) is 6.07 Å². The van der Waals surface area contributed by atoms with Crippen LogP contribution in [-0.4, -0.2) is 18.4 Å². The van der Waals surface area contributed by atoms with Crippen molar-refractivity contribution in [1.82, 2.24) is 0 Å². The number of halogens is 5. The Balaban J connectivity index is 2.03. The molecule has 27 heavy (non-hydrogen) atoms. The van der Waals surface area contributed by atoms with E-state index in [4.69, 9.17) is 0 Å². The van der Waals surface area contributed by atoms with Gasteiger partial charge in [0.25, 0.3) is 0 Å². The van der Waals surface area contributed by atoms with Crippen molar-refractivity contribution in [2.75, 3.05) is 16.8 Å². The molecule has 0 heterocycles. The van der Waals surface area contributed by atoms with Crippen LogP contribution >= 0.6 is 0 Å². The van der Waals surface area contributed by atoms with Crippen LogP contribution in [0.2, 0.25) is 0 Å². The smallest absolute Gasteiger partial charge is 0.326 e. The average Bonchev–Trinajstić information content (AvgIpc) is 2.56. The van der Waals surface area contributed by atoms with E-state index in [1.165, 1.54) is 0 Å². The van der Waals surface area contributed by atoms with E-state index < -0.39 is 40.9 Å². The molecule has 0 spiro atoms. The maximum Gasteiger partial charge on any atom is 0.416 e. The summed E-state index contributed by atoms with van der Waals surface area (Å²) in [6.07, 6.45) is -4.80. The number of benzene rings is 2. The second-order valence-electron chi connectivity index (χ2n) is 5.61. The van der Waals surface area contributed by atoms with Crippen molar-refractivity contribution in [3.63, 3.8) is 0 Å². The highest BCUT2D eigenvalue weighted by Gasteiger charge is 2.30. The zero-order valence-electron chi connectivity index (χ0n) is 14.1. The van der Waals surface area contributed by atoms with Gasteiger partial charge in [0.15, 0.2) is 0 Å². The summed E-state index contributed by atoms with van der Waals surface area (Å²) < 4.78 is 65.2. The van der Waals surface area contributed by atoms with Crippen molar-refractivity contribution < 1.29 is 31.5 Å². The summed E-state index contributed by atoms with van der Waals surface area (Å²) >= 11 is 0. The molecule has 0 radical (unpaired) electrons. The van der Waals surface area contributed by atoms with Crippen LogP contribution in [0.5, 0.6) is 0 Å². The third-order valence-corrected chi connectivity index (χ3v) is 3.65. The molecule has 0 unspecified atom stereocenters. The Bertz CT molecular complexity index is 814. The number of nitrogens with zero attached hydrogens (tertiary/aromatic N) is 1. The number of alkyl halides is 3. The predicted molar refractivity (Wildman–Crippen MR) is 89.1 cm³/mol. The summed E-state index contributed by atoms with van der Waals surface area (Å²) in [5.41, 5.74) is -1.30. The van der Waals surface area contributed by atoms with Gasteiger partial charge in [-0.3, -0.25) is 9.59 Å². The van der Waals surface area contributed by atoms with Crippen LogP contribution in [0.3, 0.4) is 0 Å². The number of hydrogen-bond donors (Lipinski definition) is 1. The topological polar surface area (TPSA) is 49.4 Å². The number of hydrogen-bond acceptors (Lipinski definition) is 2. The minimum atomic E-state index is -4.49. The van der Waals surface area contributed by atoms with Crippen LogP contribution in [0.1, 0.15) is 18.9 Å². The quantitative estimate of drug-likeness (QED) is 0.776. The third kappa shape index (κ3) is 5.25. The molecule has 2 amide bonds. The maximum absolute atomic E-state index is 13.8. The number of nitrogens with one attached hydrogen (secondary N) is 1. The molecule has 1 N–H and O–H groups in total. The van der Waals surface area contributed by atoms with E-state index in [-0.39, 0.29) is 18.7 Å². The Morgan fingerprint density at radius 2 is 1.56 bits per heavy atom. The first-order chi connectivity index (χ1) is 12.6. The van der Waals surface area contributed by atoms with E-state index in [1.54, 1.807) is 0 Å². The first-order valence-electron chi connectivity index (χ1n) is 7.79. The molecule has 0 aliphatic rings. The van der Waals surface area contributed by atoms with Gasteiger partial charge in [-0.25, -0.2) is 8.78 Å². The highest BCUT2D eigenvalue weighted by molar-refractivity contribution is 5.95. The second-order valence-corrected chi connectivity index (χ2v) is 5.61. The molecule has 2 aromatic rings. The van der Waals surface area contributed by atoms with E-state index in [9.17, 15) is 31.5 Å². The molecule has 0 aliphatic carbocycles. The van der Waals surface area contributed by atoms with Crippen LogP contribution in [0.15, 0.2) is 42.5 Å². The lowest BCUT2D eigenvalue weighted by Gasteiger charge is -2.22. The molecule has 4 nitrogen and oxygen atoms in total. The summed E-state index contributed by atoms with van der Waals surface area (Å²) in [4.78, 5) is 24.5. The molecule has 9 heteroatoms. The fraction of sp³-hybridized carbons (Fsp3) is 0.222. The molecule has 0 atom stereocenters. The lowest BCUT2D eigenvalue weighted by Crippen LogP contribution is -2.33. The molecule has 0 bridgehead atoms. The van der Waals surface area contributed by atoms with Gasteiger partial charge in [0.2, 0.25) is 11.8 Å². The molecule has 0 aromatic heterocycles. The monoisotopic (exact) mass is 386 g/mol. The van der Waals surface area contributed by atoms with Crippen molar-refractivity contribution in [3.8, 4) is 0 Å². The van der Waals surface area contributed by atoms with Crippen molar-refractivity contribution in [2.45, 2.75) is 19.5 Å². The van der Waals surface area contributed by atoms with Gasteiger partial charge < -0.3 is 10.2 Å².